The summed E-state index contributed by atoms with van der Waals surface area (Å²) in [5, 5.41) is 20.4. The SMILES string of the molecule is O=C(O)N1CCC(n2nncc2COCCCOCc2ccccc2)C(OCc2ccc3ccccc3c2)C1. The normalized spacial score (nSPS) is 17.5. The van der Waals surface area contributed by atoms with Gasteiger partial charge < -0.3 is 24.2 Å². The molecule has 9 nitrogen and oxygen atoms in total. The van der Waals surface area contributed by atoms with Gasteiger partial charge in [0.1, 0.15) is 0 Å². The topological polar surface area (TPSA) is 98.9 Å². The van der Waals surface area contributed by atoms with Gasteiger partial charge in [0.15, 0.2) is 0 Å². The molecule has 0 aliphatic carbocycles. The van der Waals surface area contributed by atoms with Crippen molar-refractivity contribution in [3.8, 4) is 0 Å². The lowest BCUT2D eigenvalue weighted by Crippen LogP contribution is -2.48. The molecule has 3 aromatic carbocycles. The smallest absolute Gasteiger partial charge is 0.407 e. The first-order valence-corrected chi connectivity index (χ1v) is 13.3. The van der Waals surface area contributed by atoms with E-state index in [4.69, 9.17) is 14.2 Å². The van der Waals surface area contributed by atoms with Gasteiger partial charge in [0.2, 0.25) is 0 Å². The predicted molar refractivity (Wildman–Crippen MR) is 146 cm³/mol. The Morgan fingerprint density at radius 2 is 1.67 bits per heavy atom. The Kier molecular flexibility index (Phi) is 9.16. The van der Waals surface area contributed by atoms with Gasteiger partial charge in [-0.25, -0.2) is 9.48 Å². The zero-order chi connectivity index (χ0) is 26.9. The fourth-order valence-corrected chi connectivity index (χ4v) is 4.90. The Morgan fingerprint density at radius 3 is 2.49 bits per heavy atom. The van der Waals surface area contributed by atoms with Gasteiger partial charge in [0, 0.05) is 19.8 Å². The number of carbonyl (C=O) groups is 1. The average Bonchev–Trinajstić information content (AvgIpc) is 3.44. The van der Waals surface area contributed by atoms with E-state index in [2.05, 4.69) is 34.6 Å². The number of benzene rings is 3. The molecule has 1 N–H and O–H groups in total. The van der Waals surface area contributed by atoms with Gasteiger partial charge in [-0.15, -0.1) is 5.10 Å². The molecular weight excluding hydrogens is 496 g/mol. The Balaban J connectivity index is 1.15. The molecule has 0 spiro atoms. The molecule has 1 amide bonds. The van der Waals surface area contributed by atoms with E-state index in [0.29, 0.717) is 46.0 Å². The number of piperidine rings is 1. The minimum Gasteiger partial charge on any atom is -0.465 e. The lowest BCUT2D eigenvalue weighted by molar-refractivity contribution is -0.0419. The summed E-state index contributed by atoms with van der Waals surface area (Å²) < 4.78 is 19.8. The van der Waals surface area contributed by atoms with Crippen molar-refractivity contribution < 1.29 is 24.1 Å². The average molecular weight is 531 g/mol. The van der Waals surface area contributed by atoms with Crippen molar-refractivity contribution in [3.63, 3.8) is 0 Å². The minimum absolute atomic E-state index is 0.142. The molecule has 5 rings (SSSR count). The van der Waals surface area contributed by atoms with Crippen molar-refractivity contribution >= 4 is 16.9 Å². The molecular formula is C30H34N4O5. The first-order chi connectivity index (χ1) is 19.2. The highest BCUT2D eigenvalue weighted by atomic mass is 16.5. The Bertz CT molecular complexity index is 1350. The highest BCUT2D eigenvalue weighted by molar-refractivity contribution is 5.82. The first-order valence-electron chi connectivity index (χ1n) is 13.3. The lowest BCUT2D eigenvalue weighted by atomic mass is 10.0. The van der Waals surface area contributed by atoms with Crippen LogP contribution in [0.5, 0.6) is 0 Å². The van der Waals surface area contributed by atoms with Gasteiger partial charge in [-0.2, -0.15) is 0 Å². The van der Waals surface area contributed by atoms with E-state index in [1.54, 1.807) is 6.20 Å². The zero-order valence-electron chi connectivity index (χ0n) is 21.9. The fraction of sp³-hybridized carbons (Fsp3) is 0.367. The predicted octanol–water partition coefficient (Wildman–Crippen LogP) is 5.07. The van der Waals surface area contributed by atoms with Crippen molar-refractivity contribution in [3.05, 3.63) is 95.8 Å². The van der Waals surface area contributed by atoms with Gasteiger partial charge in [0.05, 0.1) is 50.4 Å². The summed E-state index contributed by atoms with van der Waals surface area (Å²) in [5.41, 5.74) is 3.03. The number of aromatic nitrogens is 3. The van der Waals surface area contributed by atoms with Crippen molar-refractivity contribution in [2.45, 2.75) is 44.8 Å². The summed E-state index contributed by atoms with van der Waals surface area (Å²) in [5.74, 6) is 0. The largest absolute Gasteiger partial charge is 0.465 e. The monoisotopic (exact) mass is 530 g/mol. The number of rotatable bonds is 12. The molecule has 1 saturated heterocycles. The molecule has 1 aliphatic rings. The van der Waals surface area contributed by atoms with Crippen LogP contribution in [-0.4, -0.2) is 63.5 Å². The van der Waals surface area contributed by atoms with Crippen LogP contribution >= 0.6 is 0 Å². The third-order valence-corrected chi connectivity index (χ3v) is 6.97. The number of nitrogens with zero attached hydrogens (tertiary/aromatic N) is 4. The number of likely N-dealkylation sites (tertiary alicyclic amines) is 1. The number of amides is 1. The summed E-state index contributed by atoms with van der Waals surface area (Å²) in [6.45, 7) is 3.18. The second-order valence-electron chi connectivity index (χ2n) is 9.73. The van der Waals surface area contributed by atoms with E-state index >= 15 is 0 Å². The van der Waals surface area contributed by atoms with Crippen LogP contribution in [0.25, 0.3) is 10.8 Å². The Labute approximate surface area is 227 Å². The van der Waals surface area contributed by atoms with Crippen LogP contribution in [0.4, 0.5) is 4.79 Å². The minimum atomic E-state index is -0.940. The molecule has 0 saturated carbocycles. The molecule has 2 heterocycles. The zero-order valence-corrected chi connectivity index (χ0v) is 21.9. The van der Waals surface area contributed by atoms with Crippen LogP contribution in [0, 0.1) is 0 Å². The van der Waals surface area contributed by atoms with Crippen LogP contribution in [0.3, 0.4) is 0 Å². The van der Waals surface area contributed by atoms with E-state index in [1.807, 2.05) is 53.2 Å². The van der Waals surface area contributed by atoms with Crippen molar-refractivity contribution in [1.29, 1.82) is 0 Å². The second-order valence-corrected chi connectivity index (χ2v) is 9.73. The van der Waals surface area contributed by atoms with E-state index in [9.17, 15) is 9.90 Å². The maximum absolute atomic E-state index is 11.7. The van der Waals surface area contributed by atoms with E-state index < -0.39 is 6.09 Å². The number of carboxylic acid groups (broad SMARTS) is 1. The molecule has 2 atom stereocenters. The highest BCUT2D eigenvalue weighted by Crippen LogP contribution is 2.28. The second kappa shape index (κ2) is 13.3. The van der Waals surface area contributed by atoms with Crippen LogP contribution in [0.2, 0.25) is 0 Å². The molecule has 204 valence electrons. The number of hydrogen-bond donors (Lipinski definition) is 1. The standard InChI is InChI=1S/C30H34N4O5/c35-30(36)33-14-13-28(29(19-33)39-21-24-11-12-25-9-4-5-10-26(25)17-24)34-27(18-31-32-34)22-38-16-6-15-37-20-23-7-2-1-3-8-23/h1-5,7-12,17-18,28-29H,6,13-16,19-22H2,(H,35,36). The summed E-state index contributed by atoms with van der Waals surface area (Å²) in [7, 11) is 0. The number of fused-ring (bicyclic) bond motifs is 1. The summed E-state index contributed by atoms with van der Waals surface area (Å²) in [6.07, 6.45) is 1.76. The molecule has 39 heavy (non-hydrogen) atoms. The van der Waals surface area contributed by atoms with Crippen LogP contribution in [0.1, 0.15) is 35.7 Å². The quantitative estimate of drug-likeness (QED) is 0.256. The molecule has 1 aromatic heterocycles. The van der Waals surface area contributed by atoms with E-state index in [0.717, 1.165) is 28.6 Å². The maximum atomic E-state index is 11.7. The Hall–Kier alpha value is -3.79. The molecule has 0 radical (unpaired) electrons. The fourth-order valence-electron chi connectivity index (χ4n) is 4.90. The maximum Gasteiger partial charge on any atom is 0.407 e. The number of hydrogen-bond acceptors (Lipinski definition) is 6. The molecule has 9 heteroatoms. The number of ether oxygens (including phenoxy) is 3. The van der Waals surface area contributed by atoms with Gasteiger partial charge in [-0.3, -0.25) is 0 Å². The van der Waals surface area contributed by atoms with Crippen molar-refractivity contribution in [1.82, 2.24) is 19.9 Å². The van der Waals surface area contributed by atoms with Gasteiger partial charge in [-0.1, -0.05) is 71.9 Å². The molecule has 0 bridgehead atoms. The van der Waals surface area contributed by atoms with Crippen molar-refractivity contribution in [2.24, 2.45) is 0 Å². The third kappa shape index (κ3) is 7.20. The van der Waals surface area contributed by atoms with Crippen LogP contribution in [-0.2, 0) is 34.0 Å². The van der Waals surface area contributed by atoms with Crippen LogP contribution < -0.4 is 0 Å². The van der Waals surface area contributed by atoms with Gasteiger partial charge >= 0.3 is 6.09 Å². The lowest BCUT2D eigenvalue weighted by Gasteiger charge is -2.37. The molecule has 1 aliphatic heterocycles. The molecule has 4 aromatic rings. The van der Waals surface area contributed by atoms with E-state index in [-0.39, 0.29) is 18.7 Å². The summed E-state index contributed by atoms with van der Waals surface area (Å²) in [4.78, 5) is 13.1. The van der Waals surface area contributed by atoms with E-state index in [1.165, 1.54) is 10.3 Å². The highest BCUT2D eigenvalue weighted by Gasteiger charge is 2.35. The van der Waals surface area contributed by atoms with Gasteiger partial charge in [-0.05, 0) is 40.8 Å². The van der Waals surface area contributed by atoms with Crippen LogP contribution in [0.15, 0.2) is 79.0 Å². The van der Waals surface area contributed by atoms with Gasteiger partial charge in [0.25, 0.3) is 0 Å². The molecule has 1 fully saturated rings. The Morgan fingerprint density at radius 1 is 0.897 bits per heavy atom. The first kappa shape index (κ1) is 26.8. The summed E-state index contributed by atoms with van der Waals surface area (Å²) >= 11 is 0. The summed E-state index contributed by atoms with van der Waals surface area (Å²) in [6, 6.07) is 24.4. The van der Waals surface area contributed by atoms with Crippen molar-refractivity contribution in [2.75, 3.05) is 26.3 Å². The third-order valence-electron chi connectivity index (χ3n) is 6.97. The molecule has 2 unspecified atom stereocenters.